The molecule has 2 aromatic carbocycles. The van der Waals surface area contributed by atoms with Crippen LogP contribution in [0.4, 0.5) is 4.79 Å². The number of carboxylic acids is 1. The second-order valence-electron chi connectivity index (χ2n) is 7.51. The van der Waals surface area contributed by atoms with Gasteiger partial charge >= 0.3 is 12.1 Å². The standard InChI is InChI=1S/C23H26N2O5/c1-14(21(26)25-15(2)22(27)28)11-12-24-23(29)30-13-20-18-9-5-3-7-16(18)17-8-4-6-10-19(17)20/h3-10,14-15,20H,11-13H2,1-2H3,(H,24,29)(H,25,26)(H,27,28). The van der Waals surface area contributed by atoms with Crippen molar-refractivity contribution in [2.45, 2.75) is 32.2 Å². The average Bonchev–Trinajstić information content (AvgIpc) is 3.05. The van der Waals surface area contributed by atoms with E-state index in [2.05, 4.69) is 34.9 Å². The van der Waals surface area contributed by atoms with Crippen molar-refractivity contribution in [2.75, 3.05) is 13.2 Å². The zero-order chi connectivity index (χ0) is 21.7. The largest absolute Gasteiger partial charge is 0.480 e. The molecule has 2 aromatic rings. The molecule has 0 bridgehead atoms. The lowest BCUT2D eigenvalue weighted by Gasteiger charge is -2.16. The highest BCUT2D eigenvalue weighted by atomic mass is 16.5. The molecule has 0 heterocycles. The second-order valence-corrected chi connectivity index (χ2v) is 7.51. The molecule has 2 unspecified atom stereocenters. The van der Waals surface area contributed by atoms with Crippen molar-refractivity contribution in [3.8, 4) is 11.1 Å². The summed E-state index contributed by atoms with van der Waals surface area (Å²) >= 11 is 0. The number of hydrogen-bond acceptors (Lipinski definition) is 4. The van der Waals surface area contributed by atoms with E-state index in [0.29, 0.717) is 6.42 Å². The maximum Gasteiger partial charge on any atom is 0.407 e. The summed E-state index contributed by atoms with van der Waals surface area (Å²) in [5.74, 6) is -1.89. The first kappa shape index (κ1) is 21.4. The normalized spacial score (nSPS) is 14.2. The summed E-state index contributed by atoms with van der Waals surface area (Å²) in [7, 11) is 0. The Labute approximate surface area is 175 Å². The van der Waals surface area contributed by atoms with Gasteiger partial charge in [-0.25, -0.2) is 4.79 Å². The number of carboxylic acid groups (broad SMARTS) is 1. The van der Waals surface area contributed by atoms with Gasteiger partial charge in [-0.2, -0.15) is 0 Å². The van der Waals surface area contributed by atoms with Gasteiger partial charge in [-0.15, -0.1) is 0 Å². The predicted octanol–water partition coefficient (Wildman–Crippen LogP) is 3.14. The number of fused-ring (bicyclic) bond motifs is 3. The third kappa shape index (κ3) is 4.79. The fourth-order valence-corrected chi connectivity index (χ4v) is 3.59. The van der Waals surface area contributed by atoms with Crippen LogP contribution in [-0.2, 0) is 14.3 Å². The van der Waals surface area contributed by atoms with E-state index in [9.17, 15) is 14.4 Å². The van der Waals surface area contributed by atoms with Crippen LogP contribution in [0.3, 0.4) is 0 Å². The summed E-state index contributed by atoms with van der Waals surface area (Å²) in [6, 6.07) is 15.3. The van der Waals surface area contributed by atoms with Gasteiger partial charge in [0.2, 0.25) is 5.91 Å². The number of carbonyl (C=O) groups excluding carboxylic acids is 2. The van der Waals surface area contributed by atoms with Crippen molar-refractivity contribution < 1.29 is 24.2 Å². The van der Waals surface area contributed by atoms with Crippen molar-refractivity contribution in [1.82, 2.24) is 10.6 Å². The van der Waals surface area contributed by atoms with Crippen molar-refractivity contribution in [1.29, 1.82) is 0 Å². The van der Waals surface area contributed by atoms with Gasteiger partial charge in [0.1, 0.15) is 12.6 Å². The zero-order valence-corrected chi connectivity index (χ0v) is 17.1. The van der Waals surface area contributed by atoms with Gasteiger partial charge in [0.05, 0.1) is 0 Å². The minimum Gasteiger partial charge on any atom is -0.480 e. The van der Waals surface area contributed by atoms with E-state index in [0.717, 1.165) is 22.3 Å². The highest BCUT2D eigenvalue weighted by molar-refractivity contribution is 5.84. The molecule has 0 aromatic heterocycles. The maximum atomic E-state index is 12.1. The monoisotopic (exact) mass is 410 g/mol. The lowest BCUT2D eigenvalue weighted by molar-refractivity contribution is -0.141. The topological polar surface area (TPSA) is 105 Å². The summed E-state index contributed by atoms with van der Waals surface area (Å²) in [6.45, 7) is 3.57. The van der Waals surface area contributed by atoms with Crippen molar-refractivity contribution in [3.63, 3.8) is 0 Å². The van der Waals surface area contributed by atoms with E-state index in [-0.39, 0.29) is 25.0 Å². The Balaban J connectivity index is 1.48. The number of alkyl carbamates (subject to hydrolysis) is 1. The lowest BCUT2D eigenvalue weighted by Crippen LogP contribution is -2.41. The van der Waals surface area contributed by atoms with E-state index >= 15 is 0 Å². The third-order valence-electron chi connectivity index (χ3n) is 5.37. The average molecular weight is 410 g/mol. The Morgan fingerprint density at radius 1 is 1.00 bits per heavy atom. The van der Waals surface area contributed by atoms with Gasteiger partial charge in [-0.05, 0) is 35.6 Å². The molecule has 0 fully saturated rings. The maximum absolute atomic E-state index is 12.1. The summed E-state index contributed by atoms with van der Waals surface area (Å²) in [4.78, 5) is 34.9. The molecule has 0 saturated carbocycles. The number of hydrogen-bond donors (Lipinski definition) is 3. The van der Waals surface area contributed by atoms with E-state index in [1.54, 1.807) is 6.92 Å². The van der Waals surface area contributed by atoms with Gasteiger partial charge in [0.25, 0.3) is 0 Å². The highest BCUT2D eigenvalue weighted by Crippen LogP contribution is 2.44. The molecule has 1 aliphatic rings. The molecule has 0 saturated heterocycles. The second kappa shape index (κ2) is 9.43. The molecule has 3 N–H and O–H groups in total. The molecule has 7 heteroatoms. The summed E-state index contributed by atoms with van der Waals surface area (Å²) in [5, 5.41) is 13.9. The van der Waals surface area contributed by atoms with Crippen LogP contribution < -0.4 is 10.6 Å². The van der Waals surface area contributed by atoms with Gasteiger partial charge in [0, 0.05) is 18.4 Å². The Kier molecular flexibility index (Phi) is 6.72. The smallest absolute Gasteiger partial charge is 0.407 e. The summed E-state index contributed by atoms with van der Waals surface area (Å²) in [6.07, 6.45) is -0.161. The molecule has 0 radical (unpaired) electrons. The first-order valence-electron chi connectivity index (χ1n) is 10.0. The van der Waals surface area contributed by atoms with Crippen molar-refractivity contribution >= 4 is 18.0 Å². The SMILES string of the molecule is CC(CCNC(=O)OCC1c2ccccc2-c2ccccc21)C(=O)NC(C)C(=O)O. The molecule has 2 atom stereocenters. The van der Waals surface area contributed by atoms with Crippen LogP contribution in [0.15, 0.2) is 48.5 Å². The minimum atomic E-state index is -1.09. The summed E-state index contributed by atoms with van der Waals surface area (Å²) < 4.78 is 5.45. The van der Waals surface area contributed by atoms with Crippen molar-refractivity contribution in [3.05, 3.63) is 59.7 Å². The molecule has 1 aliphatic carbocycles. The molecule has 7 nitrogen and oxygen atoms in total. The Morgan fingerprint density at radius 2 is 1.57 bits per heavy atom. The Morgan fingerprint density at radius 3 is 2.13 bits per heavy atom. The number of nitrogens with one attached hydrogen (secondary N) is 2. The predicted molar refractivity (Wildman–Crippen MR) is 112 cm³/mol. The van der Waals surface area contributed by atoms with Gasteiger partial charge in [-0.1, -0.05) is 55.5 Å². The fourth-order valence-electron chi connectivity index (χ4n) is 3.59. The quantitative estimate of drug-likeness (QED) is 0.620. The van der Waals surface area contributed by atoms with Crippen LogP contribution >= 0.6 is 0 Å². The number of carbonyl (C=O) groups is 3. The molecule has 0 aliphatic heterocycles. The first-order chi connectivity index (χ1) is 14.4. The van der Waals surface area contributed by atoms with E-state index < -0.39 is 24.0 Å². The van der Waals surface area contributed by atoms with Crippen LogP contribution in [0.25, 0.3) is 11.1 Å². The molecule has 3 rings (SSSR count). The highest BCUT2D eigenvalue weighted by Gasteiger charge is 2.29. The van der Waals surface area contributed by atoms with E-state index in [1.807, 2.05) is 24.3 Å². The van der Waals surface area contributed by atoms with Crippen molar-refractivity contribution in [2.24, 2.45) is 5.92 Å². The van der Waals surface area contributed by atoms with Gasteiger partial charge in [0.15, 0.2) is 0 Å². The zero-order valence-electron chi connectivity index (χ0n) is 17.1. The van der Waals surface area contributed by atoms with Gasteiger partial charge < -0.3 is 20.5 Å². The first-order valence-corrected chi connectivity index (χ1v) is 10.0. The molecular formula is C23H26N2O5. The Hall–Kier alpha value is -3.35. The van der Waals surface area contributed by atoms with Crippen LogP contribution in [-0.4, -0.2) is 42.3 Å². The van der Waals surface area contributed by atoms with E-state index in [4.69, 9.17) is 9.84 Å². The Bertz CT molecular complexity index is 897. The third-order valence-corrected chi connectivity index (χ3v) is 5.37. The number of benzene rings is 2. The van der Waals surface area contributed by atoms with Crippen LogP contribution in [0.1, 0.15) is 37.3 Å². The van der Waals surface area contributed by atoms with E-state index in [1.165, 1.54) is 6.92 Å². The minimum absolute atomic E-state index is 0.00893. The number of rotatable bonds is 8. The molecule has 0 spiro atoms. The van der Waals surface area contributed by atoms with Gasteiger partial charge in [-0.3, -0.25) is 9.59 Å². The number of aliphatic carboxylic acids is 1. The van der Waals surface area contributed by atoms with Crippen LogP contribution in [0.5, 0.6) is 0 Å². The number of ether oxygens (including phenoxy) is 1. The van der Waals surface area contributed by atoms with Crippen LogP contribution in [0, 0.1) is 5.92 Å². The van der Waals surface area contributed by atoms with Crippen LogP contribution in [0.2, 0.25) is 0 Å². The lowest BCUT2D eigenvalue weighted by atomic mass is 9.98. The molecule has 158 valence electrons. The summed E-state index contributed by atoms with van der Waals surface area (Å²) in [5.41, 5.74) is 4.61. The molecular weight excluding hydrogens is 384 g/mol. The molecule has 2 amide bonds. The molecule has 30 heavy (non-hydrogen) atoms. The number of amides is 2. The fraction of sp³-hybridized carbons (Fsp3) is 0.348.